The average Bonchev–Trinajstić information content (AvgIpc) is 2.84. The van der Waals surface area contributed by atoms with E-state index in [9.17, 15) is 4.79 Å². The molecule has 0 N–H and O–H groups in total. The molecule has 0 saturated heterocycles. The maximum atomic E-state index is 11.5. The molecule has 5 heteroatoms. The highest BCUT2D eigenvalue weighted by molar-refractivity contribution is 7.09. The first-order valence-electron chi connectivity index (χ1n) is 6.88. The van der Waals surface area contributed by atoms with E-state index in [0.717, 1.165) is 18.8 Å². The van der Waals surface area contributed by atoms with Crippen LogP contribution in [0.5, 0.6) is 5.75 Å². The van der Waals surface area contributed by atoms with Crippen molar-refractivity contribution in [1.82, 2.24) is 9.88 Å². The zero-order chi connectivity index (χ0) is 15.2. The number of rotatable bonds is 7. The molecule has 1 heterocycles. The van der Waals surface area contributed by atoms with Crippen molar-refractivity contribution < 1.29 is 9.53 Å². The van der Waals surface area contributed by atoms with Crippen LogP contribution in [0.3, 0.4) is 0 Å². The molecule has 0 amide bonds. The predicted octanol–water partition coefficient (Wildman–Crippen LogP) is 3.16. The van der Waals surface area contributed by atoms with Gasteiger partial charge >= 0.3 is 0 Å². The number of nitrogens with zero attached hydrogens (tertiary/aromatic N) is 2. The highest BCUT2D eigenvalue weighted by Crippen LogP contribution is 2.18. The summed E-state index contributed by atoms with van der Waals surface area (Å²) in [6.07, 6.45) is 0. The van der Waals surface area contributed by atoms with Crippen LogP contribution in [0.4, 0.5) is 0 Å². The highest BCUT2D eigenvalue weighted by atomic mass is 32.1. The van der Waals surface area contributed by atoms with Gasteiger partial charge in [0, 0.05) is 18.0 Å². The van der Waals surface area contributed by atoms with Gasteiger partial charge in [-0.25, -0.2) is 4.98 Å². The van der Waals surface area contributed by atoms with Gasteiger partial charge in [0.05, 0.1) is 16.8 Å². The van der Waals surface area contributed by atoms with Gasteiger partial charge in [0.15, 0.2) is 5.78 Å². The lowest BCUT2D eigenvalue weighted by molar-refractivity contribution is 0.101. The molecular formula is C16H20N2O2S. The minimum Gasteiger partial charge on any atom is -0.491 e. The van der Waals surface area contributed by atoms with Crippen LogP contribution in [-0.2, 0) is 6.54 Å². The molecule has 1 aromatic heterocycles. The summed E-state index contributed by atoms with van der Waals surface area (Å²) in [5.41, 5.74) is 3.60. The lowest BCUT2D eigenvalue weighted by Gasteiger charge is -2.17. The van der Waals surface area contributed by atoms with Gasteiger partial charge in [-0.3, -0.25) is 9.69 Å². The first-order chi connectivity index (χ1) is 10.1. The Balaban J connectivity index is 1.84. The zero-order valence-corrected chi connectivity index (χ0v) is 13.4. The largest absolute Gasteiger partial charge is 0.491 e. The van der Waals surface area contributed by atoms with Gasteiger partial charge in [-0.15, -0.1) is 11.3 Å². The smallest absolute Gasteiger partial charge is 0.163 e. The summed E-state index contributed by atoms with van der Waals surface area (Å²) in [7, 11) is 2.05. The summed E-state index contributed by atoms with van der Waals surface area (Å²) >= 11 is 1.68. The van der Waals surface area contributed by atoms with Crippen molar-refractivity contribution in [3.05, 3.63) is 45.9 Å². The molecule has 0 fully saturated rings. The van der Waals surface area contributed by atoms with Gasteiger partial charge in [0.1, 0.15) is 12.4 Å². The van der Waals surface area contributed by atoms with Crippen LogP contribution in [0.1, 0.15) is 27.9 Å². The fourth-order valence-electron chi connectivity index (χ4n) is 2.00. The van der Waals surface area contributed by atoms with E-state index in [1.54, 1.807) is 24.3 Å². The molecule has 0 atom stereocenters. The molecule has 0 saturated carbocycles. The van der Waals surface area contributed by atoms with Crippen LogP contribution >= 0.6 is 11.3 Å². The van der Waals surface area contributed by atoms with Crippen LogP contribution in [0.25, 0.3) is 0 Å². The lowest BCUT2D eigenvalue weighted by Crippen LogP contribution is -2.24. The number of ketones is 1. The van der Waals surface area contributed by atoms with Crippen molar-refractivity contribution >= 4 is 17.1 Å². The predicted molar refractivity (Wildman–Crippen MR) is 85.1 cm³/mol. The van der Waals surface area contributed by atoms with Crippen LogP contribution in [-0.4, -0.2) is 35.9 Å². The molecule has 0 bridgehead atoms. The Bertz CT molecular complexity index is 610. The molecule has 0 unspecified atom stereocenters. The summed E-state index contributed by atoms with van der Waals surface area (Å²) in [5, 5.41) is 0. The number of carbonyl (C=O) groups excluding carboxylic acids is 1. The lowest BCUT2D eigenvalue weighted by atomic mass is 10.1. The molecule has 2 rings (SSSR count). The van der Waals surface area contributed by atoms with Gasteiger partial charge in [-0.05, 0) is 33.0 Å². The molecular weight excluding hydrogens is 284 g/mol. The Kier molecular flexibility index (Phi) is 5.47. The van der Waals surface area contributed by atoms with Gasteiger partial charge in [0.2, 0.25) is 0 Å². The molecule has 4 nitrogen and oxygen atoms in total. The summed E-state index contributed by atoms with van der Waals surface area (Å²) in [5.74, 6) is 0.687. The van der Waals surface area contributed by atoms with E-state index in [1.807, 2.05) is 30.6 Å². The second-order valence-corrected chi connectivity index (χ2v) is 5.94. The van der Waals surface area contributed by atoms with Gasteiger partial charge in [-0.1, -0.05) is 12.1 Å². The summed E-state index contributed by atoms with van der Waals surface area (Å²) in [4.78, 5) is 19.2. The third-order valence-electron chi connectivity index (χ3n) is 3.26. The number of carbonyl (C=O) groups is 1. The highest BCUT2D eigenvalue weighted by Gasteiger charge is 2.09. The Morgan fingerprint density at radius 1 is 1.38 bits per heavy atom. The topological polar surface area (TPSA) is 42.4 Å². The number of para-hydroxylation sites is 1. The molecule has 0 aliphatic rings. The Morgan fingerprint density at radius 3 is 2.81 bits per heavy atom. The van der Waals surface area contributed by atoms with Crippen molar-refractivity contribution in [2.45, 2.75) is 20.4 Å². The number of hydrogen-bond acceptors (Lipinski definition) is 5. The molecule has 0 radical (unpaired) electrons. The molecule has 1 aromatic carbocycles. The Labute approximate surface area is 129 Å². The van der Waals surface area contributed by atoms with Crippen LogP contribution in [0, 0.1) is 6.92 Å². The second-order valence-electron chi connectivity index (χ2n) is 5.00. The molecule has 0 aliphatic heterocycles. The van der Waals surface area contributed by atoms with Gasteiger partial charge in [-0.2, -0.15) is 0 Å². The normalized spacial score (nSPS) is 10.9. The van der Waals surface area contributed by atoms with Crippen LogP contribution in [0.15, 0.2) is 29.8 Å². The number of thiazole rings is 1. The maximum absolute atomic E-state index is 11.5. The fourth-order valence-corrected chi connectivity index (χ4v) is 2.85. The number of ether oxygens (including phenoxy) is 1. The third-order valence-corrected chi connectivity index (χ3v) is 4.18. The van der Waals surface area contributed by atoms with E-state index in [4.69, 9.17) is 4.74 Å². The van der Waals surface area contributed by atoms with Gasteiger partial charge in [0.25, 0.3) is 0 Å². The molecule has 112 valence electrons. The average molecular weight is 304 g/mol. The Morgan fingerprint density at radius 2 is 2.14 bits per heavy atom. The second kappa shape index (κ2) is 7.33. The number of hydrogen-bond donors (Lipinski definition) is 0. The van der Waals surface area contributed by atoms with E-state index < -0.39 is 0 Å². The summed E-state index contributed by atoms with van der Waals surface area (Å²) < 4.78 is 5.74. The van der Waals surface area contributed by atoms with Crippen molar-refractivity contribution in [3.8, 4) is 5.75 Å². The number of aryl methyl sites for hydroxylation is 1. The molecule has 0 aliphatic carbocycles. The number of likely N-dealkylation sites (N-methyl/N-ethyl adjacent to an activating group) is 1. The first kappa shape index (κ1) is 15.7. The van der Waals surface area contributed by atoms with E-state index in [1.165, 1.54) is 4.88 Å². The molecule has 0 spiro atoms. The zero-order valence-electron chi connectivity index (χ0n) is 12.6. The summed E-state index contributed by atoms with van der Waals surface area (Å²) in [6, 6.07) is 7.36. The quantitative estimate of drug-likeness (QED) is 0.737. The maximum Gasteiger partial charge on any atom is 0.163 e. The van der Waals surface area contributed by atoms with E-state index in [-0.39, 0.29) is 5.78 Å². The number of benzene rings is 1. The van der Waals surface area contributed by atoms with E-state index in [0.29, 0.717) is 17.9 Å². The SMILES string of the molecule is CC(=O)c1ccccc1OCCN(C)Cc1scnc1C. The van der Waals surface area contributed by atoms with Crippen LogP contribution in [0.2, 0.25) is 0 Å². The molecule has 2 aromatic rings. The van der Waals surface area contributed by atoms with Crippen molar-refractivity contribution in [3.63, 3.8) is 0 Å². The van der Waals surface area contributed by atoms with Crippen molar-refractivity contribution in [2.24, 2.45) is 0 Å². The Hall–Kier alpha value is -1.72. The van der Waals surface area contributed by atoms with Gasteiger partial charge < -0.3 is 4.74 Å². The van der Waals surface area contributed by atoms with E-state index in [2.05, 4.69) is 16.9 Å². The number of Topliss-reactive ketones (excluding diaryl/α,β-unsaturated/α-hetero) is 1. The minimum absolute atomic E-state index is 0.0271. The number of aromatic nitrogens is 1. The summed E-state index contributed by atoms with van der Waals surface area (Å²) in [6.45, 7) is 5.80. The minimum atomic E-state index is 0.0271. The fraction of sp³-hybridized carbons (Fsp3) is 0.375. The first-order valence-corrected chi connectivity index (χ1v) is 7.76. The monoisotopic (exact) mass is 304 g/mol. The standard InChI is InChI=1S/C16H20N2O2S/c1-12-16(21-11-17-12)10-18(3)8-9-20-15-7-5-4-6-14(15)13(2)19/h4-7,11H,8-10H2,1-3H3. The van der Waals surface area contributed by atoms with E-state index >= 15 is 0 Å². The third kappa shape index (κ3) is 4.37. The van der Waals surface area contributed by atoms with Crippen molar-refractivity contribution in [2.75, 3.05) is 20.2 Å². The van der Waals surface area contributed by atoms with Crippen molar-refractivity contribution in [1.29, 1.82) is 0 Å². The van der Waals surface area contributed by atoms with Crippen LogP contribution < -0.4 is 4.74 Å². The molecule has 21 heavy (non-hydrogen) atoms.